The number of methoxy groups -OCH3 is 1. The Bertz CT molecular complexity index is 503. The molecule has 1 N–H and O–H groups in total. The van der Waals surface area contributed by atoms with Crippen molar-refractivity contribution in [1.82, 2.24) is 0 Å². The van der Waals surface area contributed by atoms with E-state index in [0.29, 0.717) is 5.75 Å². The number of halogens is 1. The summed E-state index contributed by atoms with van der Waals surface area (Å²) < 4.78 is 18.6. The molecule has 1 aliphatic rings. The Morgan fingerprint density at radius 1 is 1.56 bits per heavy atom. The molecule has 0 aliphatic carbocycles. The molecule has 0 spiro atoms. The van der Waals surface area contributed by atoms with Crippen LogP contribution in [0.25, 0.3) is 0 Å². The number of ether oxygens (including phenoxy) is 1. The van der Waals surface area contributed by atoms with E-state index >= 15 is 0 Å². The van der Waals surface area contributed by atoms with E-state index in [1.807, 2.05) is 0 Å². The van der Waals surface area contributed by atoms with E-state index in [2.05, 4.69) is 0 Å². The third-order valence-corrected chi connectivity index (χ3v) is 2.95. The van der Waals surface area contributed by atoms with Gasteiger partial charge in [0.1, 0.15) is 17.5 Å². The molecule has 1 aromatic rings. The maximum atomic E-state index is 13.7. The van der Waals surface area contributed by atoms with Crippen LogP contribution in [0.1, 0.15) is 6.42 Å². The number of carboxylic acid groups (broad SMARTS) is 1. The molecule has 0 radical (unpaired) electrons. The predicted octanol–water partition coefficient (Wildman–Crippen LogP) is 1.27. The molecule has 96 valence electrons. The normalized spacial score (nSPS) is 19.1. The second-order valence-corrected chi connectivity index (χ2v) is 3.99. The fourth-order valence-corrected chi connectivity index (χ4v) is 1.97. The summed E-state index contributed by atoms with van der Waals surface area (Å²) in [6.45, 7) is 0.194. The van der Waals surface area contributed by atoms with E-state index in [9.17, 15) is 14.0 Å². The molecule has 1 heterocycles. The first-order valence-corrected chi connectivity index (χ1v) is 5.42. The Morgan fingerprint density at radius 3 is 2.83 bits per heavy atom. The Labute approximate surface area is 103 Å². The average molecular weight is 253 g/mol. The van der Waals surface area contributed by atoms with Crippen molar-refractivity contribution in [3.63, 3.8) is 0 Å². The minimum atomic E-state index is -1.18. The third kappa shape index (κ3) is 2.01. The lowest BCUT2D eigenvalue weighted by molar-refractivity contribution is -0.144. The Morgan fingerprint density at radius 2 is 2.28 bits per heavy atom. The molecule has 5 nitrogen and oxygen atoms in total. The maximum Gasteiger partial charge on any atom is 0.316 e. The lowest BCUT2D eigenvalue weighted by Crippen LogP contribution is -2.30. The van der Waals surface area contributed by atoms with Gasteiger partial charge in [0.05, 0.1) is 12.8 Å². The van der Waals surface area contributed by atoms with Gasteiger partial charge in [0.25, 0.3) is 0 Å². The Kier molecular flexibility index (Phi) is 3.18. The highest BCUT2D eigenvalue weighted by Crippen LogP contribution is 2.30. The van der Waals surface area contributed by atoms with Crippen LogP contribution in [0.4, 0.5) is 10.1 Å². The van der Waals surface area contributed by atoms with Crippen LogP contribution >= 0.6 is 0 Å². The van der Waals surface area contributed by atoms with Crippen molar-refractivity contribution in [1.29, 1.82) is 0 Å². The maximum absolute atomic E-state index is 13.7. The van der Waals surface area contributed by atoms with E-state index in [0.717, 1.165) is 4.90 Å². The molecule has 1 aliphatic heterocycles. The van der Waals surface area contributed by atoms with Gasteiger partial charge < -0.3 is 14.7 Å². The molecule has 1 saturated heterocycles. The lowest BCUT2D eigenvalue weighted by atomic mass is 10.1. The predicted molar refractivity (Wildman–Crippen MR) is 61.0 cm³/mol. The second kappa shape index (κ2) is 4.64. The average Bonchev–Trinajstić information content (AvgIpc) is 2.72. The van der Waals surface area contributed by atoms with Crippen LogP contribution in [-0.2, 0) is 9.59 Å². The number of carbonyl (C=O) groups excluding carboxylic acids is 1. The van der Waals surface area contributed by atoms with Crippen LogP contribution in [0, 0.1) is 11.7 Å². The number of hydrogen-bond donors (Lipinski definition) is 1. The standard InChI is InChI=1S/C12H12FNO4/c1-18-7-2-3-9(13)10(6-7)14-5-4-8(11(14)15)12(16)17/h2-3,6,8H,4-5H2,1H3,(H,16,17). The fourth-order valence-electron chi connectivity index (χ4n) is 1.97. The second-order valence-electron chi connectivity index (χ2n) is 3.99. The highest BCUT2D eigenvalue weighted by Gasteiger charge is 2.38. The molecule has 1 fully saturated rings. The van der Waals surface area contributed by atoms with Gasteiger partial charge in [-0.25, -0.2) is 4.39 Å². The quantitative estimate of drug-likeness (QED) is 0.824. The Balaban J connectivity index is 2.33. The minimum Gasteiger partial charge on any atom is -0.497 e. The van der Waals surface area contributed by atoms with Gasteiger partial charge in [-0.15, -0.1) is 0 Å². The van der Waals surface area contributed by atoms with Gasteiger partial charge in [-0.3, -0.25) is 9.59 Å². The molecule has 0 saturated carbocycles. The van der Waals surface area contributed by atoms with Crippen LogP contribution in [0.3, 0.4) is 0 Å². The van der Waals surface area contributed by atoms with Gasteiger partial charge in [-0.05, 0) is 18.6 Å². The SMILES string of the molecule is COc1ccc(F)c(N2CCC(C(=O)O)C2=O)c1. The van der Waals surface area contributed by atoms with Crippen molar-refractivity contribution in [2.45, 2.75) is 6.42 Å². The molecule has 6 heteroatoms. The molecule has 1 aromatic carbocycles. The first kappa shape index (κ1) is 12.3. The molecule has 1 unspecified atom stereocenters. The summed E-state index contributed by atoms with van der Waals surface area (Å²) >= 11 is 0. The van der Waals surface area contributed by atoms with Gasteiger partial charge in [-0.2, -0.15) is 0 Å². The third-order valence-electron chi connectivity index (χ3n) is 2.95. The van der Waals surface area contributed by atoms with Crippen LogP contribution in [0.5, 0.6) is 5.75 Å². The number of amides is 1. The zero-order valence-electron chi connectivity index (χ0n) is 9.72. The zero-order valence-corrected chi connectivity index (χ0v) is 9.72. The highest BCUT2D eigenvalue weighted by atomic mass is 19.1. The first-order chi connectivity index (χ1) is 8.54. The number of anilines is 1. The summed E-state index contributed by atoms with van der Waals surface area (Å²) in [5.41, 5.74) is 0.0584. The summed E-state index contributed by atoms with van der Waals surface area (Å²) in [5, 5.41) is 8.85. The topological polar surface area (TPSA) is 66.8 Å². The fraction of sp³-hybridized carbons (Fsp3) is 0.333. The summed E-state index contributed by atoms with van der Waals surface area (Å²) in [6, 6.07) is 4.01. The van der Waals surface area contributed by atoms with Crippen LogP contribution in [0.15, 0.2) is 18.2 Å². The van der Waals surface area contributed by atoms with Crippen molar-refractivity contribution in [3.05, 3.63) is 24.0 Å². The summed E-state index contributed by atoms with van der Waals surface area (Å²) in [5.74, 6) is -3.01. The van der Waals surface area contributed by atoms with Gasteiger partial charge in [0.2, 0.25) is 5.91 Å². The van der Waals surface area contributed by atoms with Crippen molar-refractivity contribution in [3.8, 4) is 5.75 Å². The van der Waals surface area contributed by atoms with Crippen molar-refractivity contribution < 1.29 is 23.8 Å². The zero-order chi connectivity index (χ0) is 13.3. The Hall–Kier alpha value is -2.11. The summed E-state index contributed by atoms with van der Waals surface area (Å²) in [4.78, 5) is 23.8. The van der Waals surface area contributed by atoms with Crippen molar-refractivity contribution in [2.24, 2.45) is 5.92 Å². The minimum absolute atomic E-state index is 0.0584. The van der Waals surface area contributed by atoms with Crippen molar-refractivity contribution in [2.75, 3.05) is 18.6 Å². The largest absolute Gasteiger partial charge is 0.497 e. The molecule has 1 atom stereocenters. The van der Waals surface area contributed by atoms with E-state index in [-0.39, 0.29) is 18.7 Å². The summed E-state index contributed by atoms with van der Waals surface area (Å²) in [7, 11) is 1.43. The van der Waals surface area contributed by atoms with E-state index in [1.165, 1.54) is 25.3 Å². The molecule has 2 rings (SSSR count). The van der Waals surface area contributed by atoms with E-state index in [4.69, 9.17) is 9.84 Å². The van der Waals surface area contributed by atoms with Gasteiger partial charge in [0.15, 0.2) is 0 Å². The van der Waals surface area contributed by atoms with E-state index in [1.54, 1.807) is 0 Å². The summed E-state index contributed by atoms with van der Waals surface area (Å²) in [6.07, 6.45) is 0.185. The number of carboxylic acids is 1. The van der Waals surface area contributed by atoms with Crippen LogP contribution < -0.4 is 9.64 Å². The van der Waals surface area contributed by atoms with Crippen LogP contribution in [-0.4, -0.2) is 30.6 Å². The molecule has 0 bridgehead atoms. The first-order valence-electron chi connectivity index (χ1n) is 5.42. The number of carbonyl (C=O) groups is 2. The number of hydrogen-bond acceptors (Lipinski definition) is 3. The van der Waals surface area contributed by atoms with Gasteiger partial charge in [0, 0.05) is 12.6 Å². The number of aliphatic carboxylic acids is 1. The smallest absolute Gasteiger partial charge is 0.316 e. The molecular formula is C12H12FNO4. The van der Waals surface area contributed by atoms with Crippen molar-refractivity contribution >= 4 is 17.6 Å². The number of benzene rings is 1. The highest BCUT2D eigenvalue weighted by molar-refractivity contribution is 6.07. The van der Waals surface area contributed by atoms with Crippen LogP contribution in [0.2, 0.25) is 0 Å². The number of nitrogens with zero attached hydrogens (tertiary/aromatic N) is 1. The van der Waals surface area contributed by atoms with Gasteiger partial charge >= 0.3 is 5.97 Å². The van der Waals surface area contributed by atoms with Gasteiger partial charge in [-0.1, -0.05) is 0 Å². The molecule has 18 heavy (non-hydrogen) atoms. The molecule has 0 aromatic heterocycles. The van der Waals surface area contributed by atoms with E-state index < -0.39 is 23.6 Å². The lowest BCUT2D eigenvalue weighted by Gasteiger charge is -2.17. The molecule has 1 amide bonds. The monoisotopic (exact) mass is 253 g/mol. The number of rotatable bonds is 3. The molecular weight excluding hydrogens is 241 g/mol.